The van der Waals surface area contributed by atoms with Gasteiger partial charge in [0.05, 0.1) is 6.26 Å². The van der Waals surface area contributed by atoms with Gasteiger partial charge in [0.25, 0.3) is 0 Å². The van der Waals surface area contributed by atoms with Crippen LogP contribution in [0, 0.1) is 0 Å². The summed E-state index contributed by atoms with van der Waals surface area (Å²) in [7, 11) is -1.30. The summed E-state index contributed by atoms with van der Waals surface area (Å²) in [5, 5.41) is 0. The van der Waals surface area contributed by atoms with Crippen LogP contribution in [-0.4, -0.2) is 8.32 Å². The van der Waals surface area contributed by atoms with Gasteiger partial charge in [-0.3, -0.25) is 0 Å². The van der Waals surface area contributed by atoms with Gasteiger partial charge in [-0.15, -0.1) is 0 Å². The molecule has 0 aromatic heterocycles. The molecule has 0 unspecified atom stereocenters. The standard InChI is InChI=1S/C9H20OSi/c1-5-6-7-8-9-10-11(2,3)4/h8-9H,5-7H2,1-4H3. The molecule has 1 nitrogen and oxygen atoms in total. The normalized spacial score (nSPS) is 12.4. The van der Waals surface area contributed by atoms with Crippen molar-refractivity contribution in [3.63, 3.8) is 0 Å². The second-order valence-electron chi connectivity index (χ2n) is 3.74. The molecule has 0 saturated carbocycles. The zero-order chi connectivity index (χ0) is 8.74. The summed E-state index contributed by atoms with van der Waals surface area (Å²) in [6, 6.07) is 0. The first-order valence-electron chi connectivity index (χ1n) is 4.39. The van der Waals surface area contributed by atoms with Gasteiger partial charge in [0.1, 0.15) is 0 Å². The highest BCUT2D eigenvalue weighted by Crippen LogP contribution is 2.03. The van der Waals surface area contributed by atoms with E-state index in [1.54, 1.807) is 0 Å². The number of hydrogen-bond donors (Lipinski definition) is 0. The molecule has 0 fully saturated rings. The van der Waals surface area contributed by atoms with Crippen LogP contribution in [0.2, 0.25) is 19.6 Å². The first-order valence-corrected chi connectivity index (χ1v) is 7.80. The van der Waals surface area contributed by atoms with Gasteiger partial charge in [-0.1, -0.05) is 19.4 Å². The summed E-state index contributed by atoms with van der Waals surface area (Å²) in [4.78, 5) is 0. The van der Waals surface area contributed by atoms with Crippen molar-refractivity contribution in [3.8, 4) is 0 Å². The average molecular weight is 172 g/mol. The lowest BCUT2D eigenvalue weighted by molar-refractivity contribution is 0.476. The molecule has 2 heteroatoms. The summed E-state index contributed by atoms with van der Waals surface area (Å²) in [6.45, 7) is 8.78. The van der Waals surface area contributed by atoms with Crippen molar-refractivity contribution < 1.29 is 4.43 Å². The van der Waals surface area contributed by atoms with Gasteiger partial charge in [-0.05, 0) is 32.5 Å². The van der Waals surface area contributed by atoms with Crippen molar-refractivity contribution in [3.05, 3.63) is 12.3 Å². The largest absolute Gasteiger partial charge is 0.550 e. The Morgan fingerprint density at radius 1 is 1.27 bits per heavy atom. The fraction of sp³-hybridized carbons (Fsp3) is 0.778. The minimum Gasteiger partial charge on any atom is -0.550 e. The maximum absolute atomic E-state index is 5.53. The van der Waals surface area contributed by atoms with Crippen LogP contribution in [0.1, 0.15) is 26.2 Å². The molecule has 0 aromatic rings. The predicted molar refractivity (Wildman–Crippen MR) is 53.1 cm³/mol. The van der Waals surface area contributed by atoms with Crippen LogP contribution in [0.15, 0.2) is 12.3 Å². The summed E-state index contributed by atoms with van der Waals surface area (Å²) in [5.74, 6) is 0. The van der Waals surface area contributed by atoms with Crippen LogP contribution in [0.25, 0.3) is 0 Å². The van der Waals surface area contributed by atoms with Crippen molar-refractivity contribution in [2.45, 2.75) is 45.8 Å². The van der Waals surface area contributed by atoms with E-state index in [1.165, 1.54) is 12.8 Å². The Bertz CT molecular complexity index is 113. The third-order valence-electron chi connectivity index (χ3n) is 1.24. The quantitative estimate of drug-likeness (QED) is 0.350. The van der Waals surface area contributed by atoms with E-state index in [2.05, 4.69) is 32.6 Å². The molecule has 0 saturated heterocycles. The molecule has 0 radical (unpaired) electrons. The fourth-order valence-corrected chi connectivity index (χ4v) is 1.15. The van der Waals surface area contributed by atoms with E-state index in [1.807, 2.05) is 6.26 Å². The van der Waals surface area contributed by atoms with Gasteiger partial charge in [-0.25, -0.2) is 0 Å². The van der Waals surface area contributed by atoms with Crippen molar-refractivity contribution in [1.82, 2.24) is 0 Å². The molecule has 0 amide bonds. The molecule has 0 N–H and O–H groups in total. The number of unbranched alkanes of at least 4 members (excludes halogenated alkanes) is 2. The van der Waals surface area contributed by atoms with Gasteiger partial charge < -0.3 is 4.43 Å². The monoisotopic (exact) mass is 172 g/mol. The molecule has 0 aliphatic rings. The second kappa shape index (κ2) is 5.41. The Kier molecular flexibility index (Phi) is 5.29. The van der Waals surface area contributed by atoms with Gasteiger partial charge >= 0.3 is 0 Å². The topological polar surface area (TPSA) is 9.23 Å². The molecular formula is C9H20OSi. The van der Waals surface area contributed by atoms with Crippen LogP contribution in [0.5, 0.6) is 0 Å². The molecule has 66 valence electrons. The number of rotatable bonds is 5. The summed E-state index contributed by atoms with van der Waals surface area (Å²) in [6.07, 6.45) is 7.69. The van der Waals surface area contributed by atoms with Crippen LogP contribution in [-0.2, 0) is 4.43 Å². The molecule has 0 heterocycles. The predicted octanol–water partition coefficient (Wildman–Crippen LogP) is 3.54. The van der Waals surface area contributed by atoms with Crippen LogP contribution in [0.3, 0.4) is 0 Å². The van der Waals surface area contributed by atoms with Gasteiger partial charge in [0.2, 0.25) is 8.32 Å². The summed E-state index contributed by atoms with van der Waals surface area (Å²) in [5.41, 5.74) is 0. The van der Waals surface area contributed by atoms with Crippen LogP contribution in [0.4, 0.5) is 0 Å². The molecule has 0 aliphatic carbocycles. The molecule has 0 aliphatic heterocycles. The van der Waals surface area contributed by atoms with Gasteiger partial charge in [0, 0.05) is 0 Å². The van der Waals surface area contributed by atoms with E-state index in [0.29, 0.717) is 0 Å². The zero-order valence-corrected chi connectivity index (χ0v) is 9.18. The number of allylic oxidation sites excluding steroid dienone is 1. The lowest BCUT2D eigenvalue weighted by Gasteiger charge is -2.14. The van der Waals surface area contributed by atoms with E-state index < -0.39 is 8.32 Å². The van der Waals surface area contributed by atoms with Crippen molar-refractivity contribution >= 4 is 8.32 Å². The summed E-state index contributed by atoms with van der Waals surface area (Å²) < 4.78 is 5.53. The Morgan fingerprint density at radius 3 is 2.36 bits per heavy atom. The van der Waals surface area contributed by atoms with Crippen LogP contribution < -0.4 is 0 Å². The third kappa shape index (κ3) is 9.76. The van der Waals surface area contributed by atoms with Gasteiger partial charge in [-0.2, -0.15) is 0 Å². The molecule has 0 aromatic carbocycles. The average Bonchev–Trinajstić information content (AvgIpc) is 1.85. The van der Waals surface area contributed by atoms with E-state index in [0.717, 1.165) is 6.42 Å². The maximum Gasteiger partial charge on any atom is 0.241 e. The first kappa shape index (κ1) is 10.8. The second-order valence-corrected chi connectivity index (χ2v) is 8.20. The molecular weight excluding hydrogens is 152 g/mol. The molecule has 0 atom stereocenters. The minimum absolute atomic E-state index is 1.15. The van der Waals surface area contributed by atoms with Crippen molar-refractivity contribution in [2.75, 3.05) is 0 Å². The Morgan fingerprint density at radius 2 is 1.91 bits per heavy atom. The molecule has 0 rings (SSSR count). The zero-order valence-electron chi connectivity index (χ0n) is 8.18. The van der Waals surface area contributed by atoms with Gasteiger partial charge in [0.15, 0.2) is 0 Å². The van der Waals surface area contributed by atoms with E-state index in [4.69, 9.17) is 4.43 Å². The molecule has 11 heavy (non-hydrogen) atoms. The third-order valence-corrected chi connectivity index (χ3v) is 2.09. The Labute approximate surface area is 71.6 Å². The Hall–Kier alpha value is -0.243. The lowest BCUT2D eigenvalue weighted by Crippen LogP contribution is -2.21. The van der Waals surface area contributed by atoms with E-state index in [-0.39, 0.29) is 0 Å². The molecule has 0 spiro atoms. The van der Waals surface area contributed by atoms with E-state index >= 15 is 0 Å². The molecule has 0 bridgehead atoms. The fourth-order valence-electron chi connectivity index (χ4n) is 0.642. The first-order chi connectivity index (χ1) is 5.06. The summed E-state index contributed by atoms with van der Waals surface area (Å²) >= 11 is 0. The highest BCUT2D eigenvalue weighted by atomic mass is 28.4. The van der Waals surface area contributed by atoms with Crippen molar-refractivity contribution in [1.29, 1.82) is 0 Å². The Balaban J connectivity index is 3.30. The van der Waals surface area contributed by atoms with Crippen LogP contribution >= 0.6 is 0 Å². The SMILES string of the molecule is CCCCC=CO[Si](C)(C)C. The highest BCUT2D eigenvalue weighted by Gasteiger charge is 2.12. The smallest absolute Gasteiger partial charge is 0.241 e. The van der Waals surface area contributed by atoms with Crippen molar-refractivity contribution in [2.24, 2.45) is 0 Å². The lowest BCUT2D eigenvalue weighted by atomic mass is 10.2. The number of hydrogen-bond acceptors (Lipinski definition) is 1. The maximum atomic E-state index is 5.53. The van der Waals surface area contributed by atoms with E-state index in [9.17, 15) is 0 Å². The highest BCUT2D eigenvalue weighted by molar-refractivity contribution is 6.69. The minimum atomic E-state index is -1.30.